The molecule has 0 aliphatic rings. The summed E-state index contributed by atoms with van der Waals surface area (Å²) in [6, 6.07) is 23.9. The van der Waals surface area contributed by atoms with E-state index in [2.05, 4.69) is 47.9 Å². The number of aryl methyl sites for hydroxylation is 2. The average Bonchev–Trinajstić information content (AvgIpc) is 2.74. The van der Waals surface area contributed by atoms with Crippen LogP contribution in [-0.4, -0.2) is 17.7 Å². The Hall–Kier alpha value is -3.18. The van der Waals surface area contributed by atoms with Crippen molar-refractivity contribution in [3.05, 3.63) is 101 Å². The molecule has 0 saturated heterocycles. The molecule has 0 saturated carbocycles. The van der Waals surface area contributed by atoms with Crippen LogP contribution in [0.3, 0.4) is 0 Å². The third-order valence-electron chi connectivity index (χ3n) is 4.78. The van der Waals surface area contributed by atoms with Crippen molar-refractivity contribution in [2.45, 2.75) is 26.8 Å². The lowest BCUT2D eigenvalue weighted by atomic mass is 9.97. The van der Waals surface area contributed by atoms with Crippen LogP contribution in [0.25, 0.3) is 0 Å². The quantitative estimate of drug-likeness (QED) is 0.406. The van der Waals surface area contributed by atoms with Gasteiger partial charge in [0.1, 0.15) is 0 Å². The van der Waals surface area contributed by atoms with Crippen LogP contribution in [0.5, 0.6) is 0 Å². The Balaban J connectivity index is 1.83. The summed E-state index contributed by atoms with van der Waals surface area (Å²) >= 11 is 5.63. The molecule has 0 heterocycles. The first-order chi connectivity index (χ1) is 14.5. The highest BCUT2D eigenvalue weighted by Gasteiger charge is 2.16. The van der Waals surface area contributed by atoms with E-state index in [9.17, 15) is 4.79 Å². The van der Waals surface area contributed by atoms with E-state index in [1.54, 1.807) is 19.1 Å². The Morgan fingerprint density at radius 1 is 0.967 bits per heavy atom. The SMILES string of the molecule is CCOC(=O)c1ccc(C)c(NC(=S)NC(c2ccccc2)c2cccc(C)c2)c1. The second kappa shape index (κ2) is 10.0. The van der Waals surface area contributed by atoms with Crippen molar-refractivity contribution < 1.29 is 9.53 Å². The summed E-state index contributed by atoms with van der Waals surface area (Å²) in [5, 5.41) is 7.16. The van der Waals surface area contributed by atoms with Crippen molar-refractivity contribution in [3.63, 3.8) is 0 Å². The molecule has 0 aliphatic heterocycles. The van der Waals surface area contributed by atoms with Gasteiger partial charge in [0.05, 0.1) is 18.2 Å². The van der Waals surface area contributed by atoms with Gasteiger partial charge in [0.15, 0.2) is 5.11 Å². The topological polar surface area (TPSA) is 50.4 Å². The smallest absolute Gasteiger partial charge is 0.338 e. The van der Waals surface area contributed by atoms with Gasteiger partial charge in [-0.3, -0.25) is 0 Å². The molecule has 30 heavy (non-hydrogen) atoms. The van der Waals surface area contributed by atoms with E-state index in [1.165, 1.54) is 5.56 Å². The molecule has 154 valence electrons. The first kappa shape index (κ1) is 21.5. The molecule has 0 aliphatic carbocycles. The second-order valence-corrected chi connectivity index (χ2v) is 7.51. The minimum absolute atomic E-state index is 0.0976. The van der Waals surface area contributed by atoms with Crippen molar-refractivity contribution in [2.75, 3.05) is 11.9 Å². The van der Waals surface area contributed by atoms with E-state index >= 15 is 0 Å². The molecule has 0 fully saturated rings. The highest BCUT2D eigenvalue weighted by molar-refractivity contribution is 7.80. The number of ether oxygens (including phenoxy) is 1. The van der Waals surface area contributed by atoms with Gasteiger partial charge in [-0.25, -0.2) is 4.79 Å². The lowest BCUT2D eigenvalue weighted by Crippen LogP contribution is -2.33. The van der Waals surface area contributed by atoms with Crippen molar-refractivity contribution in [1.82, 2.24) is 5.32 Å². The van der Waals surface area contributed by atoms with Gasteiger partial charge in [-0.2, -0.15) is 0 Å². The fourth-order valence-corrected chi connectivity index (χ4v) is 3.47. The molecule has 1 unspecified atom stereocenters. The standard InChI is InChI=1S/C25H26N2O2S/c1-4-29-24(28)21-14-13-18(3)22(16-21)26-25(30)27-23(19-10-6-5-7-11-19)20-12-8-9-17(2)15-20/h5-16,23H,4H2,1-3H3,(H2,26,27,30). The molecule has 0 radical (unpaired) electrons. The van der Waals surface area contributed by atoms with E-state index in [4.69, 9.17) is 17.0 Å². The van der Waals surface area contributed by atoms with E-state index in [1.807, 2.05) is 37.3 Å². The fraction of sp³-hybridized carbons (Fsp3) is 0.200. The summed E-state index contributed by atoms with van der Waals surface area (Å²) < 4.78 is 5.10. The Labute approximate surface area is 183 Å². The number of hydrogen-bond acceptors (Lipinski definition) is 3. The maximum atomic E-state index is 12.1. The largest absolute Gasteiger partial charge is 0.462 e. The third kappa shape index (κ3) is 5.45. The highest BCUT2D eigenvalue weighted by atomic mass is 32.1. The Morgan fingerprint density at radius 3 is 2.40 bits per heavy atom. The molecule has 0 bridgehead atoms. The summed E-state index contributed by atoms with van der Waals surface area (Å²) in [5.74, 6) is -0.346. The number of anilines is 1. The van der Waals surface area contributed by atoms with Crippen molar-refractivity contribution in [2.24, 2.45) is 0 Å². The van der Waals surface area contributed by atoms with Crippen LogP contribution in [0.4, 0.5) is 5.69 Å². The first-order valence-corrected chi connectivity index (χ1v) is 10.4. The predicted octanol–water partition coefficient (Wildman–Crippen LogP) is 5.56. The number of thiocarbonyl (C=S) groups is 1. The van der Waals surface area contributed by atoms with Crippen LogP contribution < -0.4 is 10.6 Å². The van der Waals surface area contributed by atoms with Crippen molar-refractivity contribution >= 4 is 29.0 Å². The van der Waals surface area contributed by atoms with Crippen LogP contribution in [0.15, 0.2) is 72.8 Å². The molecular weight excluding hydrogens is 392 g/mol. The number of nitrogens with one attached hydrogen (secondary N) is 2. The molecular formula is C25H26N2O2S. The second-order valence-electron chi connectivity index (χ2n) is 7.11. The van der Waals surface area contributed by atoms with Gasteiger partial charge >= 0.3 is 5.97 Å². The summed E-state index contributed by atoms with van der Waals surface area (Å²) in [6.07, 6.45) is 0. The molecule has 0 amide bonds. The molecule has 5 heteroatoms. The third-order valence-corrected chi connectivity index (χ3v) is 5.00. The first-order valence-electron chi connectivity index (χ1n) is 9.94. The van der Waals surface area contributed by atoms with Crippen LogP contribution in [0.1, 0.15) is 45.6 Å². The van der Waals surface area contributed by atoms with Gasteiger partial charge in [-0.15, -0.1) is 0 Å². The number of carbonyl (C=O) groups is 1. The zero-order chi connectivity index (χ0) is 21.5. The Kier molecular flexibility index (Phi) is 7.20. The van der Waals surface area contributed by atoms with Gasteiger partial charge in [0.25, 0.3) is 0 Å². The summed E-state index contributed by atoms with van der Waals surface area (Å²) in [5.41, 5.74) is 5.68. The van der Waals surface area contributed by atoms with Gasteiger partial charge < -0.3 is 15.4 Å². The number of esters is 1. The lowest BCUT2D eigenvalue weighted by molar-refractivity contribution is 0.0526. The van der Waals surface area contributed by atoms with E-state index in [0.717, 1.165) is 22.4 Å². The van der Waals surface area contributed by atoms with Crippen LogP contribution >= 0.6 is 12.2 Å². The van der Waals surface area contributed by atoms with Crippen molar-refractivity contribution in [1.29, 1.82) is 0 Å². The molecule has 1 atom stereocenters. The molecule has 2 N–H and O–H groups in total. The molecule has 0 spiro atoms. The van der Waals surface area contributed by atoms with Crippen molar-refractivity contribution in [3.8, 4) is 0 Å². The van der Waals surface area contributed by atoms with Crippen LogP contribution in [0, 0.1) is 13.8 Å². The fourth-order valence-electron chi connectivity index (χ4n) is 3.24. The van der Waals surface area contributed by atoms with Gasteiger partial charge in [0.2, 0.25) is 0 Å². The summed E-state index contributed by atoms with van der Waals surface area (Å²) in [4.78, 5) is 12.1. The Morgan fingerprint density at radius 2 is 1.70 bits per heavy atom. The average molecular weight is 419 g/mol. The summed E-state index contributed by atoms with van der Waals surface area (Å²) in [6.45, 7) is 6.17. The highest BCUT2D eigenvalue weighted by Crippen LogP contribution is 2.24. The zero-order valence-electron chi connectivity index (χ0n) is 17.4. The van der Waals surface area contributed by atoms with E-state index in [-0.39, 0.29) is 12.0 Å². The molecule has 3 aromatic rings. The molecule has 3 rings (SSSR count). The summed E-state index contributed by atoms with van der Waals surface area (Å²) in [7, 11) is 0. The number of carbonyl (C=O) groups excluding carboxylic acids is 1. The monoisotopic (exact) mass is 418 g/mol. The maximum Gasteiger partial charge on any atom is 0.338 e. The normalized spacial score (nSPS) is 11.4. The van der Waals surface area contributed by atoms with Crippen LogP contribution in [-0.2, 0) is 4.74 Å². The predicted molar refractivity (Wildman–Crippen MR) is 126 cm³/mol. The van der Waals surface area contributed by atoms with Gasteiger partial charge in [-0.1, -0.05) is 66.2 Å². The minimum atomic E-state index is -0.346. The van der Waals surface area contributed by atoms with Gasteiger partial charge in [-0.05, 0) is 61.8 Å². The van der Waals surface area contributed by atoms with E-state index < -0.39 is 0 Å². The number of benzene rings is 3. The molecule has 4 nitrogen and oxygen atoms in total. The molecule has 3 aromatic carbocycles. The minimum Gasteiger partial charge on any atom is -0.462 e. The number of hydrogen-bond donors (Lipinski definition) is 2. The van der Waals surface area contributed by atoms with E-state index in [0.29, 0.717) is 17.3 Å². The maximum absolute atomic E-state index is 12.1. The van der Waals surface area contributed by atoms with Crippen LogP contribution in [0.2, 0.25) is 0 Å². The molecule has 0 aromatic heterocycles. The lowest BCUT2D eigenvalue weighted by Gasteiger charge is -2.23. The zero-order valence-corrected chi connectivity index (χ0v) is 18.3. The van der Waals surface area contributed by atoms with Gasteiger partial charge in [0, 0.05) is 5.69 Å². The Bertz CT molecular complexity index is 1030. The number of rotatable bonds is 6.